The van der Waals surface area contributed by atoms with Gasteiger partial charge in [-0.25, -0.2) is 0 Å². The fourth-order valence-electron chi connectivity index (χ4n) is 0.284. The normalized spacial score (nSPS) is 9.22. The second-order valence-corrected chi connectivity index (χ2v) is 1.31. The minimum absolute atomic E-state index is 0.0162. The predicted octanol–water partition coefficient (Wildman–Crippen LogP) is -0.626. The molecule has 0 rings (SSSR count). The van der Waals surface area contributed by atoms with Gasteiger partial charge < -0.3 is 14.9 Å². The van der Waals surface area contributed by atoms with Gasteiger partial charge in [0.2, 0.25) is 0 Å². The highest BCUT2D eigenvalue weighted by molar-refractivity contribution is 5.70. The molecule has 0 aliphatic carbocycles. The average Bonchev–Trinajstić information content (AvgIpc) is 1.63. The minimum Gasteiger partial charge on any atom is -0.410 e. The maximum Gasteiger partial charge on any atom is 0.313 e. The molecule has 0 aliphatic rings. The first-order chi connectivity index (χ1) is 4.16. The zero-order chi connectivity index (χ0) is 7.28. The smallest absolute Gasteiger partial charge is 0.313 e. The van der Waals surface area contributed by atoms with E-state index in [1.807, 2.05) is 0 Å². The maximum atomic E-state index is 10.2. The van der Waals surface area contributed by atoms with Gasteiger partial charge in [-0.3, -0.25) is 4.79 Å². The maximum absolute atomic E-state index is 10.2. The summed E-state index contributed by atoms with van der Waals surface area (Å²) in [7, 11) is 0. The van der Waals surface area contributed by atoms with Crippen molar-refractivity contribution in [1.82, 2.24) is 0 Å². The Hall–Kier alpha value is -0.870. The molecule has 0 amide bonds. The lowest BCUT2D eigenvalue weighted by Gasteiger charge is -2.02. The summed E-state index contributed by atoms with van der Waals surface area (Å²) in [5.41, 5.74) is 0. The van der Waals surface area contributed by atoms with E-state index in [1.165, 1.54) is 6.08 Å². The van der Waals surface area contributed by atoms with Crippen molar-refractivity contribution in [2.24, 2.45) is 0 Å². The Balaban J connectivity index is 3.38. The molecule has 0 bridgehead atoms. The van der Waals surface area contributed by atoms with E-state index in [-0.39, 0.29) is 6.42 Å². The van der Waals surface area contributed by atoms with Gasteiger partial charge in [-0.15, -0.1) is 6.58 Å². The summed E-state index contributed by atoms with van der Waals surface area (Å²) in [4.78, 5) is 10.2. The van der Waals surface area contributed by atoms with Crippen LogP contribution in [0.2, 0.25) is 0 Å². The number of aliphatic hydroxyl groups is 2. The van der Waals surface area contributed by atoms with Crippen LogP contribution in [0.15, 0.2) is 12.7 Å². The monoisotopic (exact) mass is 132 g/mol. The van der Waals surface area contributed by atoms with Crippen LogP contribution in [0.3, 0.4) is 0 Å². The fourth-order valence-corrected chi connectivity index (χ4v) is 0.284. The van der Waals surface area contributed by atoms with E-state index in [1.54, 1.807) is 0 Å². The summed E-state index contributed by atoms with van der Waals surface area (Å²) >= 11 is 0. The molecule has 52 valence electrons. The SMILES string of the molecule is C=CCC(=O)OC(O)O. The molecule has 0 heterocycles. The number of aliphatic hydroxyl groups excluding tert-OH is 1. The van der Waals surface area contributed by atoms with Crippen LogP contribution in [0.5, 0.6) is 0 Å². The number of hydrogen-bond acceptors (Lipinski definition) is 4. The van der Waals surface area contributed by atoms with Crippen molar-refractivity contribution in [1.29, 1.82) is 0 Å². The number of rotatable bonds is 3. The van der Waals surface area contributed by atoms with E-state index >= 15 is 0 Å². The third-order valence-corrected chi connectivity index (χ3v) is 0.548. The molecule has 9 heavy (non-hydrogen) atoms. The second-order valence-electron chi connectivity index (χ2n) is 1.31. The Morgan fingerprint density at radius 1 is 1.78 bits per heavy atom. The van der Waals surface area contributed by atoms with Crippen LogP contribution in [0.1, 0.15) is 6.42 Å². The van der Waals surface area contributed by atoms with Crippen LogP contribution in [0.4, 0.5) is 0 Å². The van der Waals surface area contributed by atoms with E-state index in [0.29, 0.717) is 0 Å². The molecule has 0 aromatic carbocycles. The second kappa shape index (κ2) is 4.05. The van der Waals surface area contributed by atoms with Crippen molar-refractivity contribution in [3.8, 4) is 0 Å². The van der Waals surface area contributed by atoms with Gasteiger partial charge in [0.1, 0.15) is 0 Å². The van der Waals surface area contributed by atoms with Crippen LogP contribution >= 0.6 is 0 Å². The summed E-state index contributed by atoms with van der Waals surface area (Å²) in [6, 6.07) is 0. The molecule has 0 saturated heterocycles. The van der Waals surface area contributed by atoms with Crippen LogP contribution in [-0.4, -0.2) is 22.7 Å². The number of hydrogen-bond donors (Lipinski definition) is 2. The zero-order valence-electron chi connectivity index (χ0n) is 4.78. The summed E-state index contributed by atoms with van der Waals surface area (Å²) < 4.78 is 3.89. The van der Waals surface area contributed by atoms with Gasteiger partial charge in [0.15, 0.2) is 0 Å². The Labute approximate surface area is 52.4 Å². The molecule has 0 unspecified atom stereocenters. The van der Waals surface area contributed by atoms with E-state index in [4.69, 9.17) is 10.2 Å². The zero-order valence-corrected chi connectivity index (χ0v) is 4.78. The highest BCUT2D eigenvalue weighted by Gasteiger charge is 2.03. The number of ether oxygens (including phenoxy) is 1. The van der Waals surface area contributed by atoms with Crippen LogP contribution in [0, 0.1) is 0 Å². The number of carbonyl (C=O) groups excluding carboxylic acids is 1. The first kappa shape index (κ1) is 8.13. The average molecular weight is 132 g/mol. The standard InChI is InChI=1S/C5H8O4/c1-2-3-4(6)9-5(7)8/h2,5,7-8H,1,3H2. The predicted molar refractivity (Wildman–Crippen MR) is 29.1 cm³/mol. The van der Waals surface area contributed by atoms with Crippen molar-refractivity contribution in [2.75, 3.05) is 0 Å². The molecule has 2 N–H and O–H groups in total. The summed E-state index contributed by atoms with van der Waals surface area (Å²) in [6.45, 7) is 1.23. The molecule has 4 nitrogen and oxygen atoms in total. The molecule has 0 saturated carbocycles. The molecule has 4 heteroatoms. The molecule has 0 aromatic heterocycles. The molecular formula is C5H8O4. The van der Waals surface area contributed by atoms with Crippen LogP contribution < -0.4 is 0 Å². The van der Waals surface area contributed by atoms with Gasteiger partial charge in [-0.2, -0.15) is 0 Å². The van der Waals surface area contributed by atoms with Crippen molar-refractivity contribution >= 4 is 5.97 Å². The molecule has 0 radical (unpaired) electrons. The van der Waals surface area contributed by atoms with E-state index in [9.17, 15) is 4.79 Å². The Kier molecular flexibility index (Phi) is 3.66. The summed E-state index contributed by atoms with van der Waals surface area (Å²) in [6.07, 6.45) is 1.29. The molecule has 0 spiro atoms. The van der Waals surface area contributed by atoms with Crippen molar-refractivity contribution in [2.45, 2.75) is 12.9 Å². The fraction of sp³-hybridized carbons (Fsp3) is 0.400. The van der Waals surface area contributed by atoms with Crippen molar-refractivity contribution < 1.29 is 19.7 Å². The molecule has 0 fully saturated rings. The van der Waals surface area contributed by atoms with Gasteiger partial charge in [-0.1, -0.05) is 6.08 Å². The van der Waals surface area contributed by atoms with Gasteiger partial charge in [0, 0.05) is 0 Å². The van der Waals surface area contributed by atoms with Crippen molar-refractivity contribution in [3.63, 3.8) is 0 Å². The van der Waals surface area contributed by atoms with Crippen LogP contribution in [-0.2, 0) is 9.53 Å². The highest BCUT2D eigenvalue weighted by atomic mass is 16.7. The lowest BCUT2D eigenvalue weighted by Crippen LogP contribution is -2.15. The number of carbonyl (C=O) groups is 1. The molecule has 0 aromatic rings. The topological polar surface area (TPSA) is 66.8 Å². The van der Waals surface area contributed by atoms with Gasteiger partial charge in [0.25, 0.3) is 0 Å². The lowest BCUT2D eigenvalue weighted by molar-refractivity contribution is -0.229. The van der Waals surface area contributed by atoms with Gasteiger partial charge in [0.05, 0.1) is 6.42 Å². The first-order valence-corrected chi connectivity index (χ1v) is 2.33. The minimum atomic E-state index is -2.02. The highest BCUT2D eigenvalue weighted by Crippen LogP contribution is 1.88. The van der Waals surface area contributed by atoms with Crippen molar-refractivity contribution in [3.05, 3.63) is 12.7 Å². The third-order valence-electron chi connectivity index (χ3n) is 0.548. The van der Waals surface area contributed by atoms with E-state index in [2.05, 4.69) is 11.3 Å². The summed E-state index contributed by atoms with van der Waals surface area (Å²) in [5.74, 6) is -0.708. The molecular weight excluding hydrogens is 124 g/mol. The van der Waals surface area contributed by atoms with Gasteiger partial charge >= 0.3 is 12.4 Å². The Morgan fingerprint density at radius 2 is 2.33 bits per heavy atom. The first-order valence-electron chi connectivity index (χ1n) is 2.33. The largest absolute Gasteiger partial charge is 0.410 e. The number of esters is 1. The molecule has 0 aliphatic heterocycles. The Morgan fingerprint density at radius 3 is 2.67 bits per heavy atom. The lowest BCUT2D eigenvalue weighted by atomic mass is 10.4. The van der Waals surface area contributed by atoms with E-state index < -0.39 is 12.4 Å². The third kappa shape index (κ3) is 4.99. The van der Waals surface area contributed by atoms with Crippen LogP contribution in [0.25, 0.3) is 0 Å². The van der Waals surface area contributed by atoms with Gasteiger partial charge in [-0.05, 0) is 0 Å². The van der Waals surface area contributed by atoms with E-state index in [0.717, 1.165) is 0 Å². The summed E-state index contributed by atoms with van der Waals surface area (Å²) in [5, 5.41) is 16.1. The quantitative estimate of drug-likeness (QED) is 0.305. The molecule has 0 atom stereocenters. The Bertz CT molecular complexity index is 108.